The predicted octanol–water partition coefficient (Wildman–Crippen LogP) is 2.78. The van der Waals surface area contributed by atoms with Crippen LogP contribution in [0.25, 0.3) is 10.9 Å². The molecule has 0 aliphatic carbocycles. The molecule has 0 radical (unpaired) electrons. The van der Waals surface area contributed by atoms with Gasteiger partial charge in [0.05, 0.1) is 18.2 Å². The third-order valence-electron chi connectivity index (χ3n) is 2.17. The van der Waals surface area contributed by atoms with Gasteiger partial charge >= 0.3 is 0 Å². The molecular weight excluding hydrogens is 208 g/mol. The fourth-order valence-electron chi connectivity index (χ4n) is 1.39. The van der Waals surface area contributed by atoms with Crippen LogP contribution in [0, 0.1) is 16.0 Å². The minimum absolute atomic E-state index is 0.457. The molecule has 0 unspecified atom stereocenters. The quantitative estimate of drug-likeness (QED) is 0.746. The molecule has 0 aliphatic rings. The standard InChI is InChI=1S/C11H8N2OS/c1-14-9-3-2-7-4-8(6-12)11(15)13-10(7)5-9/h2-5H,1H3,(H,13,15). The van der Waals surface area contributed by atoms with Crippen molar-refractivity contribution in [2.75, 3.05) is 7.11 Å². The summed E-state index contributed by atoms with van der Waals surface area (Å²) in [6, 6.07) is 9.41. The Morgan fingerprint density at radius 2 is 2.20 bits per heavy atom. The number of ether oxygens (including phenoxy) is 1. The first-order chi connectivity index (χ1) is 7.24. The summed E-state index contributed by atoms with van der Waals surface area (Å²) < 4.78 is 5.56. The molecule has 2 aromatic rings. The summed E-state index contributed by atoms with van der Waals surface area (Å²) in [6.07, 6.45) is 0. The van der Waals surface area contributed by atoms with E-state index in [1.54, 1.807) is 13.2 Å². The van der Waals surface area contributed by atoms with Crippen molar-refractivity contribution in [1.29, 1.82) is 5.26 Å². The summed E-state index contributed by atoms with van der Waals surface area (Å²) in [6.45, 7) is 0. The van der Waals surface area contributed by atoms with E-state index in [4.69, 9.17) is 22.2 Å². The molecule has 0 spiro atoms. The third kappa shape index (κ3) is 1.69. The molecule has 0 aliphatic heterocycles. The number of hydrogen-bond donors (Lipinski definition) is 1. The van der Waals surface area contributed by atoms with E-state index in [0.717, 1.165) is 16.7 Å². The maximum Gasteiger partial charge on any atom is 0.121 e. The topological polar surface area (TPSA) is 48.8 Å². The Labute approximate surface area is 91.9 Å². The molecule has 0 saturated heterocycles. The van der Waals surface area contributed by atoms with E-state index < -0.39 is 0 Å². The number of pyridine rings is 1. The zero-order chi connectivity index (χ0) is 10.8. The van der Waals surface area contributed by atoms with Crippen molar-refractivity contribution in [1.82, 2.24) is 4.98 Å². The number of nitrogens with zero attached hydrogens (tertiary/aromatic N) is 1. The average Bonchev–Trinajstić information content (AvgIpc) is 2.27. The summed E-state index contributed by atoms with van der Waals surface area (Å²) >= 11 is 5.04. The van der Waals surface area contributed by atoms with Gasteiger partial charge in [0.25, 0.3) is 0 Å². The van der Waals surface area contributed by atoms with Crippen molar-refractivity contribution in [2.45, 2.75) is 0 Å². The zero-order valence-electron chi connectivity index (χ0n) is 8.07. The molecule has 0 atom stereocenters. The maximum atomic E-state index is 8.82. The molecule has 74 valence electrons. The Balaban J connectivity index is 2.77. The number of methoxy groups -OCH3 is 1. The molecule has 0 saturated carbocycles. The van der Waals surface area contributed by atoms with Gasteiger partial charge in [-0.1, -0.05) is 12.2 Å². The van der Waals surface area contributed by atoms with Crippen LogP contribution in [0.15, 0.2) is 24.3 Å². The summed E-state index contributed by atoms with van der Waals surface area (Å²) in [4.78, 5) is 3.00. The first-order valence-electron chi connectivity index (χ1n) is 4.36. The largest absolute Gasteiger partial charge is 0.497 e. The number of H-pyrrole nitrogens is 1. The van der Waals surface area contributed by atoms with Gasteiger partial charge in [0.1, 0.15) is 16.5 Å². The Kier molecular flexibility index (Phi) is 2.40. The Hall–Kier alpha value is -1.86. The number of rotatable bonds is 1. The predicted molar refractivity (Wildman–Crippen MR) is 60.4 cm³/mol. The van der Waals surface area contributed by atoms with Crippen LogP contribution in [0.5, 0.6) is 5.75 Å². The van der Waals surface area contributed by atoms with Gasteiger partial charge in [-0.05, 0) is 23.6 Å². The van der Waals surface area contributed by atoms with Crippen LogP contribution in [0.4, 0.5) is 0 Å². The Morgan fingerprint density at radius 3 is 2.87 bits per heavy atom. The van der Waals surface area contributed by atoms with Gasteiger partial charge in [-0.15, -0.1) is 0 Å². The van der Waals surface area contributed by atoms with Crippen LogP contribution in [0.3, 0.4) is 0 Å². The van der Waals surface area contributed by atoms with Crippen molar-refractivity contribution in [3.8, 4) is 11.8 Å². The van der Waals surface area contributed by atoms with Crippen molar-refractivity contribution in [3.05, 3.63) is 34.5 Å². The van der Waals surface area contributed by atoms with Gasteiger partial charge in [-0.2, -0.15) is 5.26 Å². The van der Waals surface area contributed by atoms with Gasteiger partial charge in [0.15, 0.2) is 0 Å². The average molecular weight is 216 g/mol. The molecule has 0 bridgehead atoms. The summed E-state index contributed by atoms with van der Waals surface area (Å²) in [5, 5.41) is 9.76. The molecular formula is C11H8N2OS. The number of fused-ring (bicyclic) bond motifs is 1. The molecule has 1 aromatic heterocycles. The van der Waals surface area contributed by atoms with Crippen LogP contribution in [-0.4, -0.2) is 12.1 Å². The zero-order valence-corrected chi connectivity index (χ0v) is 8.89. The maximum absolute atomic E-state index is 8.82. The fourth-order valence-corrected chi connectivity index (χ4v) is 1.60. The number of aromatic amines is 1. The molecule has 2 rings (SSSR count). The highest BCUT2D eigenvalue weighted by Crippen LogP contribution is 2.20. The normalized spacial score (nSPS) is 9.87. The van der Waals surface area contributed by atoms with E-state index in [0.29, 0.717) is 10.2 Å². The Morgan fingerprint density at radius 1 is 1.40 bits per heavy atom. The summed E-state index contributed by atoms with van der Waals surface area (Å²) in [7, 11) is 1.61. The van der Waals surface area contributed by atoms with Crippen LogP contribution in [0.1, 0.15) is 5.56 Å². The minimum Gasteiger partial charge on any atom is -0.497 e. The van der Waals surface area contributed by atoms with E-state index in [1.165, 1.54) is 0 Å². The van der Waals surface area contributed by atoms with Gasteiger partial charge in [0, 0.05) is 6.07 Å². The van der Waals surface area contributed by atoms with E-state index in [-0.39, 0.29) is 0 Å². The van der Waals surface area contributed by atoms with Crippen LogP contribution in [-0.2, 0) is 0 Å². The first-order valence-corrected chi connectivity index (χ1v) is 4.76. The molecule has 1 aromatic carbocycles. The molecule has 15 heavy (non-hydrogen) atoms. The van der Waals surface area contributed by atoms with Crippen LogP contribution >= 0.6 is 12.2 Å². The number of nitrogens with one attached hydrogen (secondary N) is 1. The lowest BCUT2D eigenvalue weighted by molar-refractivity contribution is 0.415. The molecule has 0 amide bonds. The second-order valence-corrected chi connectivity index (χ2v) is 3.49. The summed E-state index contributed by atoms with van der Waals surface area (Å²) in [5.74, 6) is 0.762. The SMILES string of the molecule is COc1ccc2cc(C#N)c(=S)[nH]c2c1. The van der Waals surface area contributed by atoms with E-state index >= 15 is 0 Å². The van der Waals surface area contributed by atoms with Crippen LogP contribution < -0.4 is 4.74 Å². The van der Waals surface area contributed by atoms with Crippen LogP contribution in [0.2, 0.25) is 0 Å². The lowest BCUT2D eigenvalue weighted by Gasteiger charge is -2.02. The van der Waals surface area contributed by atoms with Gasteiger partial charge in [0.2, 0.25) is 0 Å². The van der Waals surface area contributed by atoms with E-state index in [9.17, 15) is 0 Å². The van der Waals surface area contributed by atoms with Crippen molar-refractivity contribution < 1.29 is 4.74 Å². The molecule has 0 fully saturated rings. The minimum atomic E-state index is 0.457. The number of aromatic nitrogens is 1. The molecule has 4 heteroatoms. The molecule has 1 heterocycles. The first kappa shape index (κ1) is 9.69. The highest BCUT2D eigenvalue weighted by molar-refractivity contribution is 7.71. The van der Waals surface area contributed by atoms with Gasteiger partial charge in [-0.3, -0.25) is 0 Å². The third-order valence-corrected chi connectivity index (χ3v) is 2.50. The lowest BCUT2D eigenvalue weighted by Crippen LogP contribution is -1.87. The van der Waals surface area contributed by atoms with E-state index in [2.05, 4.69) is 4.98 Å². The smallest absolute Gasteiger partial charge is 0.121 e. The number of benzene rings is 1. The lowest BCUT2D eigenvalue weighted by atomic mass is 10.1. The van der Waals surface area contributed by atoms with Crippen molar-refractivity contribution in [2.24, 2.45) is 0 Å². The second-order valence-electron chi connectivity index (χ2n) is 3.08. The monoisotopic (exact) mass is 216 g/mol. The van der Waals surface area contributed by atoms with Crippen molar-refractivity contribution >= 4 is 23.1 Å². The van der Waals surface area contributed by atoms with E-state index in [1.807, 2.05) is 24.3 Å². The highest BCUT2D eigenvalue weighted by atomic mass is 32.1. The van der Waals surface area contributed by atoms with Gasteiger partial charge < -0.3 is 9.72 Å². The van der Waals surface area contributed by atoms with Crippen molar-refractivity contribution in [3.63, 3.8) is 0 Å². The van der Waals surface area contributed by atoms with Gasteiger partial charge in [-0.25, -0.2) is 0 Å². The Bertz CT molecular complexity index is 610. The highest BCUT2D eigenvalue weighted by Gasteiger charge is 2.00. The summed E-state index contributed by atoms with van der Waals surface area (Å²) in [5.41, 5.74) is 1.36. The second kappa shape index (κ2) is 3.71. The fraction of sp³-hybridized carbons (Fsp3) is 0.0909. The number of hydrogen-bond acceptors (Lipinski definition) is 3. The molecule has 3 nitrogen and oxygen atoms in total. The molecule has 1 N–H and O–H groups in total. The number of nitriles is 1.